The molecule has 3 aliphatic heterocycles. The van der Waals surface area contributed by atoms with Crippen molar-refractivity contribution in [2.24, 2.45) is 5.41 Å². The molecule has 4 aromatic rings. The molecule has 1 aliphatic carbocycles. The number of fused-ring (bicyclic) bond motifs is 3. The van der Waals surface area contributed by atoms with Crippen molar-refractivity contribution < 1.29 is 31.8 Å². The van der Waals surface area contributed by atoms with Crippen molar-refractivity contribution in [2.45, 2.75) is 57.9 Å². The van der Waals surface area contributed by atoms with E-state index < -0.39 is 39.9 Å². The second kappa shape index (κ2) is 11.5. The Kier molecular flexibility index (Phi) is 7.70. The van der Waals surface area contributed by atoms with E-state index in [-0.39, 0.29) is 71.1 Å². The van der Waals surface area contributed by atoms with Crippen LogP contribution in [0.5, 0.6) is 11.8 Å². The first kappa shape index (κ1) is 31.4. The second-order valence-electron chi connectivity index (χ2n) is 12.5. The fraction of sp³-hybridized carbons (Fsp3) is 0.438. The average Bonchev–Trinajstić information content (AvgIpc) is 3.23. The van der Waals surface area contributed by atoms with E-state index in [1.165, 1.54) is 6.92 Å². The van der Waals surface area contributed by atoms with Gasteiger partial charge in [-0.25, -0.2) is 14.4 Å². The molecule has 47 heavy (non-hydrogen) atoms. The maximum atomic E-state index is 16.9. The molecular formula is C32H32ClF4N7O3. The summed E-state index contributed by atoms with van der Waals surface area (Å²) in [5, 5.41) is -0.341. The summed E-state index contributed by atoms with van der Waals surface area (Å²) in [4.78, 5) is 19.2. The molecule has 0 amide bonds. The highest BCUT2D eigenvalue weighted by molar-refractivity contribution is 6.36. The maximum absolute atomic E-state index is 16.9. The van der Waals surface area contributed by atoms with Crippen LogP contribution in [0.3, 0.4) is 0 Å². The number of anilines is 3. The number of hydrogen-bond acceptors (Lipinski definition) is 10. The van der Waals surface area contributed by atoms with Gasteiger partial charge in [0.25, 0.3) is 0 Å². The first-order valence-corrected chi connectivity index (χ1v) is 15.7. The summed E-state index contributed by atoms with van der Waals surface area (Å²) in [6.07, 6.45) is 0.538. The number of aromatic nitrogens is 4. The summed E-state index contributed by atoms with van der Waals surface area (Å²) < 4.78 is 78.4. The van der Waals surface area contributed by atoms with E-state index >= 15 is 4.39 Å². The lowest BCUT2D eigenvalue weighted by Crippen LogP contribution is -2.46. The lowest BCUT2D eigenvalue weighted by atomic mass is 9.72. The molecule has 248 valence electrons. The van der Waals surface area contributed by atoms with Crippen molar-refractivity contribution in [3.05, 3.63) is 51.9 Å². The highest BCUT2D eigenvalue weighted by Gasteiger charge is 2.43. The average molecular weight is 674 g/mol. The predicted molar refractivity (Wildman–Crippen MR) is 168 cm³/mol. The lowest BCUT2D eigenvalue weighted by Gasteiger charge is -2.45. The predicted octanol–water partition coefficient (Wildman–Crippen LogP) is 6.67. The second-order valence-corrected chi connectivity index (χ2v) is 12.8. The normalized spacial score (nSPS) is 21.4. The minimum atomic E-state index is -4.90. The van der Waals surface area contributed by atoms with Crippen LogP contribution in [0.15, 0.2) is 24.4 Å². The number of nitrogens with zero attached hydrogens (tertiary/aromatic N) is 5. The van der Waals surface area contributed by atoms with Crippen molar-refractivity contribution in [3.8, 4) is 23.0 Å². The van der Waals surface area contributed by atoms with Gasteiger partial charge in [0, 0.05) is 17.2 Å². The van der Waals surface area contributed by atoms with E-state index in [2.05, 4.69) is 15.0 Å². The summed E-state index contributed by atoms with van der Waals surface area (Å²) in [6, 6.07) is 4.04. The number of alkyl halides is 3. The number of nitrogens with two attached hydrogens (primary N) is 2. The number of nitrogen functional groups attached to an aromatic ring is 2. The Morgan fingerprint density at radius 2 is 1.96 bits per heavy atom. The zero-order chi connectivity index (χ0) is 33.2. The molecule has 2 bridgehead atoms. The van der Waals surface area contributed by atoms with Gasteiger partial charge in [-0.3, -0.25) is 0 Å². The molecule has 1 atom stereocenters. The molecule has 6 heterocycles. The fourth-order valence-electron chi connectivity index (χ4n) is 6.98. The lowest BCUT2D eigenvalue weighted by molar-refractivity contribution is -0.137. The number of hydrogen-bond donors (Lipinski definition) is 2. The summed E-state index contributed by atoms with van der Waals surface area (Å²) in [6.45, 7) is 4.09. The molecule has 15 heteroatoms. The van der Waals surface area contributed by atoms with Crippen LogP contribution >= 0.6 is 11.6 Å². The molecule has 0 radical (unpaired) electrons. The number of aryl methyl sites for hydroxylation is 1. The summed E-state index contributed by atoms with van der Waals surface area (Å²) >= 11 is 6.78. The van der Waals surface area contributed by atoms with Crippen molar-refractivity contribution in [1.82, 2.24) is 19.9 Å². The SMILES string of the molecule is Cc1cc(N)nc(-c2c(Cl)c3c4c(nc(OCC56CCC(CC5)OC6)nc4c2F)N([C@H](C)c2cccnc2N)CCO3)c1C(F)(F)F. The van der Waals surface area contributed by atoms with Gasteiger partial charge in [0.05, 0.1) is 59.1 Å². The number of rotatable bonds is 6. The first-order chi connectivity index (χ1) is 22.4. The Labute approximate surface area is 272 Å². The molecule has 1 saturated carbocycles. The van der Waals surface area contributed by atoms with Crippen molar-refractivity contribution >= 4 is 40.0 Å². The summed E-state index contributed by atoms with van der Waals surface area (Å²) in [7, 11) is 0. The van der Waals surface area contributed by atoms with Crippen LogP contribution in [0.25, 0.3) is 22.2 Å². The Morgan fingerprint density at radius 3 is 2.64 bits per heavy atom. The third-order valence-electron chi connectivity index (χ3n) is 9.46. The van der Waals surface area contributed by atoms with Gasteiger partial charge in [-0.05, 0) is 57.2 Å². The third-order valence-corrected chi connectivity index (χ3v) is 9.83. The number of ether oxygens (including phenoxy) is 3. The van der Waals surface area contributed by atoms with E-state index in [9.17, 15) is 13.2 Å². The van der Waals surface area contributed by atoms with Gasteiger partial charge in [-0.1, -0.05) is 17.7 Å². The standard InChI is InChI=1S/C32H32ClF4N7O3/c1-15-12-19(38)41-25(22(15)32(35,36)37)20-23(33)27-21-26(24(20)34)42-30(47-14-31-7-5-17(6-8-31)46-13-31)43-29(21)44(10-11-45-27)16(2)18-4-3-9-40-28(18)39/h3-4,9,12,16-17H,5-8,10-11,13-14H2,1-2H3,(H2,38,41)(H2,39,40)/t16-,17?,31?/m1/s1. The largest absolute Gasteiger partial charge is 0.489 e. The zero-order valence-corrected chi connectivity index (χ0v) is 26.4. The Bertz CT molecular complexity index is 1870. The Morgan fingerprint density at radius 1 is 1.19 bits per heavy atom. The van der Waals surface area contributed by atoms with Gasteiger partial charge in [0.2, 0.25) is 0 Å². The highest BCUT2D eigenvalue weighted by atomic mass is 35.5. The smallest absolute Gasteiger partial charge is 0.418 e. The molecule has 4 aliphatic rings. The van der Waals surface area contributed by atoms with Gasteiger partial charge in [-0.2, -0.15) is 23.1 Å². The minimum Gasteiger partial charge on any atom is -0.489 e. The van der Waals surface area contributed by atoms with Gasteiger partial charge in [0.1, 0.15) is 29.6 Å². The maximum Gasteiger partial charge on any atom is 0.418 e. The quantitative estimate of drug-likeness (QED) is 0.214. The van der Waals surface area contributed by atoms with Crippen molar-refractivity contribution in [1.29, 1.82) is 0 Å². The summed E-state index contributed by atoms with van der Waals surface area (Å²) in [5.74, 6) is -0.959. The molecule has 1 aromatic carbocycles. The molecule has 8 rings (SSSR count). The van der Waals surface area contributed by atoms with Crippen LogP contribution in [0.4, 0.5) is 35.0 Å². The third kappa shape index (κ3) is 5.40. The Hall–Kier alpha value is -4.17. The zero-order valence-electron chi connectivity index (χ0n) is 25.6. The van der Waals surface area contributed by atoms with E-state index in [4.69, 9.17) is 42.3 Å². The monoisotopic (exact) mass is 673 g/mol. The molecule has 0 spiro atoms. The molecule has 4 N–H and O–H groups in total. The van der Waals surface area contributed by atoms with E-state index in [1.807, 2.05) is 17.9 Å². The van der Waals surface area contributed by atoms with Crippen LogP contribution in [-0.2, 0) is 10.9 Å². The number of halogens is 5. The van der Waals surface area contributed by atoms with Gasteiger partial charge in [-0.15, -0.1) is 0 Å². The van der Waals surface area contributed by atoms with Crippen LogP contribution in [0.2, 0.25) is 5.02 Å². The Balaban J connectivity index is 1.45. The van der Waals surface area contributed by atoms with Crippen LogP contribution in [0.1, 0.15) is 55.3 Å². The van der Waals surface area contributed by atoms with Crippen molar-refractivity contribution in [2.75, 3.05) is 42.7 Å². The summed E-state index contributed by atoms with van der Waals surface area (Å²) in [5.41, 5.74) is 9.38. The van der Waals surface area contributed by atoms with E-state index in [1.54, 1.807) is 12.3 Å². The van der Waals surface area contributed by atoms with Crippen molar-refractivity contribution in [3.63, 3.8) is 0 Å². The van der Waals surface area contributed by atoms with E-state index in [0.717, 1.165) is 31.7 Å². The molecule has 2 saturated heterocycles. The van der Waals surface area contributed by atoms with Crippen LogP contribution in [-0.4, -0.2) is 52.4 Å². The van der Waals surface area contributed by atoms with Crippen LogP contribution in [0, 0.1) is 18.2 Å². The molecule has 10 nitrogen and oxygen atoms in total. The topological polar surface area (TPSA) is 135 Å². The number of benzene rings is 1. The molecule has 3 aromatic heterocycles. The highest BCUT2D eigenvalue weighted by Crippen LogP contribution is 2.51. The van der Waals surface area contributed by atoms with Crippen LogP contribution < -0.4 is 25.8 Å². The molecule has 0 unspecified atom stereocenters. The minimum absolute atomic E-state index is 0.0219. The molecular weight excluding hydrogens is 642 g/mol. The van der Waals surface area contributed by atoms with Gasteiger partial charge >= 0.3 is 12.2 Å². The molecule has 3 fully saturated rings. The van der Waals surface area contributed by atoms with E-state index in [0.29, 0.717) is 18.0 Å². The number of pyridine rings is 2. The fourth-order valence-corrected chi connectivity index (χ4v) is 7.30. The van der Waals surface area contributed by atoms with Gasteiger partial charge in [0.15, 0.2) is 11.6 Å². The first-order valence-electron chi connectivity index (χ1n) is 15.3. The van der Waals surface area contributed by atoms with Gasteiger partial charge < -0.3 is 30.6 Å².